The van der Waals surface area contributed by atoms with Gasteiger partial charge >= 0.3 is 12.5 Å². The van der Waals surface area contributed by atoms with Crippen LogP contribution in [0.3, 0.4) is 0 Å². The highest BCUT2D eigenvalue weighted by Crippen LogP contribution is 2.40. The molecule has 2 nitrogen and oxygen atoms in total. The van der Waals surface area contributed by atoms with Crippen molar-refractivity contribution in [1.82, 2.24) is 0 Å². The Labute approximate surface area is 211 Å². The number of unbranched alkanes of at least 4 members (excludes halogenated alkanes) is 2. The van der Waals surface area contributed by atoms with Crippen molar-refractivity contribution < 1.29 is 44.6 Å². The largest absolute Gasteiger partial charge is 0.573 e. The van der Waals surface area contributed by atoms with Crippen LogP contribution < -0.4 is 4.74 Å². The van der Waals surface area contributed by atoms with E-state index in [1.165, 1.54) is 25.7 Å². The standard InChI is InChI=1S/C27H30F8O2/c1-2-3-4-5-17-6-10-19(11-7-17)20-12-8-18(9-13-20)16-36-26(31,32)25(30)21-14-22(28)24(23(29)15-21)37-27(33,34)35/h8-9,12-15,17,19,25H,2-7,10-11,16H2,1H3. The quantitative estimate of drug-likeness (QED) is 0.210. The number of rotatable bonds is 11. The van der Waals surface area contributed by atoms with E-state index in [-0.39, 0.29) is 12.1 Å². The molecular formula is C27H30F8O2. The molecule has 0 heterocycles. The fraction of sp³-hybridized carbons (Fsp3) is 0.556. The lowest BCUT2D eigenvalue weighted by Gasteiger charge is -2.29. The van der Waals surface area contributed by atoms with Gasteiger partial charge in [0.2, 0.25) is 11.9 Å². The first-order chi connectivity index (χ1) is 17.4. The van der Waals surface area contributed by atoms with E-state index in [9.17, 15) is 35.1 Å². The summed E-state index contributed by atoms with van der Waals surface area (Å²) in [7, 11) is 0. The molecule has 0 N–H and O–H groups in total. The van der Waals surface area contributed by atoms with E-state index in [0.717, 1.165) is 37.2 Å². The van der Waals surface area contributed by atoms with Crippen LogP contribution in [0.4, 0.5) is 35.1 Å². The molecule has 10 heteroatoms. The first-order valence-corrected chi connectivity index (χ1v) is 12.4. The van der Waals surface area contributed by atoms with E-state index < -0.39 is 48.2 Å². The van der Waals surface area contributed by atoms with Gasteiger partial charge in [-0.15, -0.1) is 13.2 Å². The van der Waals surface area contributed by atoms with Gasteiger partial charge in [0.25, 0.3) is 0 Å². The van der Waals surface area contributed by atoms with Gasteiger partial charge in [0.05, 0.1) is 6.61 Å². The minimum Gasteiger partial charge on any atom is -0.399 e. The first kappa shape index (κ1) is 29.2. The molecule has 0 amide bonds. The van der Waals surface area contributed by atoms with Crippen molar-refractivity contribution in [3.8, 4) is 5.75 Å². The summed E-state index contributed by atoms with van der Waals surface area (Å²) in [5.74, 6) is -4.67. The smallest absolute Gasteiger partial charge is 0.399 e. The van der Waals surface area contributed by atoms with Gasteiger partial charge in [-0.3, -0.25) is 0 Å². The third-order valence-electron chi connectivity index (χ3n) is 6.77. The lowest BCUT2D eigenvalue weighted by atomic mass is 9.77. The van der Waals surface area contributed by atoms with Crippen LogP contribution in [0.2, 0.25) is 0 Å². The molecule has 2 aromatic rings. The van der Waals surface area contributed by atoms with Gasteiger partial charge in [0, 0.05) is 5.56 Å². The van der Waals surface area contributed by atoms with Gasteiger partial charge in [-0.25, -0.2) is 13.2 Å². The second-order valence-corrected chi connectivity index (χ2v) is 9.53. The van der Waals surface area contributed by atoms with Crippen LogP contribution in [0.15, 0.2) is 36.4 Å². The molecule has 2 aromatic carbocycles. The lowest BCUT2D eigenvalue weighted by molar-refractivity contribution is -0.282. The Bertz CT molecular complexity index is 975. The number of halogens is 8. The van der Waals surface area contributed by atoms with Gasteiger partial charge < -0.3 is 9.47 Å². The fourth-order valence-electron chi connectivity index (χ4n) is 4.74. The molecule has 1 aliphatic carbocycles. The van der Waals surface area contributed by atoms with Gasteiger partial charge in [-0.05, 0) is 60.8 Å². The van der Waals surface area contributed by atoms with Crippen molar-refractivity contribution >= 4 is 0 Å². The summed E-state index contributed by atoms with van der Waals surface area (Å²) in [6, 6.07) is 6.90. The molecule has 1 saturated carbocycles. The third kappa shape index (κ3) is 8.32. The van der Waals surface area contributed by atoms with Gasteiger partial charge in [0.1, 0.15) is 0 Å². The highest BCUT2D eigenvalue weighted by molar-refractivity contribution is 5.33. The summed E-state index contributed by atoms with van der Waals surface area (Å²) in [4.78, 5) is 0. The van der Waals surface area contributed by atoms with Crippen molar-refractivity contribution in [2.75, 3.05) is 0 Å². The number of benzene rings is 2. The minimum atomic E-state index is -5.42. The molecule has 0 saturated heterocycles. The lowest BCUT2D eigenvalue weighted by Crippen LogP contribution is -2.27. The molecule has 0 aromatic heterocycles. The topological polar surface area (TPSA) is 18.5 Å². The Hall–Kier alpha value is -2.36. The Morgan fingerprint density at radius 2 is 1.49 bits per heavy atom. The van der Waals surface area contributed by atoms with Crippen LogP contribution in [0.25, 0.3) is 0 Å². The molecule has 0 aliphatic heterocycles. The predicted octanol–water partition coefficient (Wildman–Crippen LogP) is 9.54. The Morgan fingerprint density at radius 1 is 0.892 bits per heavy atom. The average Bonchev–Trinajstić information content (AvgIpc) is 2.85. The van der Waals surface area contributed by atoms with Gasteiger partial charge in [0.15, 0.2) is 11.6 Å². The van der Waals surface area contributed by atoms with Gasteiger partial charge in [-0.2, -0.15) is 8.78 Å². The average molecular weight is 539 g/mol. The molecule has 1 fully saturated rings. The van der Waals surface area contributed by atoms with Crippen LogP contribution >= 0.6 is 0 Å². The second-order valence-electron chi connectivity index (χ2n) is 9.53. The van der Waals surface area contributed by atoms with E-state index in [1.807, 2.05) is 12.1 Å². The van der Waals surface area contributed by atoms with Crippen molar-refractivity contribution in [2.45, 2.75) is 89.5 Å². The molecule has 0 radical (unpaired) electrons. The van der Waals surface area contributed by atoms with E-state index in [2.05, 4.69) is 16.4 Å². The summed E-state index contributed by atoms with van der Waals surface area (Å²) in [5.41, 5.74) is 0.211. The summed E-state index contributed by atoms with van der Waals surface area (Å²) in [6.45, 7) is 1.50. The predicted molar refractivity (Wildman–Crippen MR) is 122 cm³/mol. The summed E-state index contributed by atoms with van der Waals surface area (Å²) >= 11 is 0. The van der Waals surface area contributed by atoms with E-state index in [4.69, 9.17) is 0 Å². The second kappa shape index (κ2) is 12.5. The molecule has 1 unspecified atom stereocenters. The van der Waals surface area contributed by atoms with Crippen LogP contribution in [0.1, 0.15) is 87.1 Å². The molecule has 0 spiro atoms. The maximum Gasteiger partial charge on any atom is 0.573 e. The molecule has 1 atom stereocenters. The zero-order chi connectivity index (χ0) is 27.2. The normalized spacial score (nSPS) is 19.6. The Morgan fingerprint density at radius 3 is 2.03 bits per heavy atom. The van der Waals surface area contributed by atoms with Crippen LogP contribution in [-0.4, -0.2) is 12.5 Å². The van der Waals surface area contributed by atoms with E-state index in [0.29, 0.717) is 11.5 Å². The maximum absolute atomic E-state index is 14.4. The first-order valence-electron chi connectivity index (χ1n) is 12.4. The molecule has 0 bridgehead atoms. The SMILES string of the molecule is CCCCCC1CCC(c2ccc(COC(F)(F)C(F)c3cc(F)c(OC(F)(F)F)c(F)c3)cc2)CC1. The molecule has 3 rings (SSSR count). The van der Waals surface area contributed by atoms with Crippen molar-refractivity contribution in [1.29, 1.82) is 0 Å². The van der Waals surface area contributed by atoms with E-state index >= 15 is 0 Å². The van der Waals surface area contributed by atoms with Crippen LogP contribution in [-0.2, 0) is 11.3 Å². The van der Waals surface area contributed by atoms with E-state index in [1.54, 1.807) is 12.1 Å². The summed E-state index contributed by atoms with van der Waals surface area (Å²) < 4.78 is 115. The highest BCUT2D eigenvalue weighted by atomic mass is 19.4. The summed E-state index contributed by atoms with van der Waals surface area (Å²) in [6.07, 6.45) is -3.84. The Kier molecular flexibility index (Phi) is 9.83. The summed E-state index contributed by atoms with van der Waals surface area (Å²) in [5, 5.41) is 0. The maximum atomic E-state index is 14.4. The number of ether oxygens (including phenoxy) is 2. The van der Waals surface area contributed by atoms with Crippen molar-refractivity contribution in [3.63, 3.8) is 0 Å². The number of alkyl halides is 6. The molecule has 1 aliphatic rings. The minimum absolute atomic E-state index is 0.0133. The monoisotopic (exact) mass is 538 g/mol. The Balaban J connectivity index is 1.55. The zero-order valence-electron chi connectivity index (χ0n) is 20.4. The highest BCUT2D eigenvalue weighted by Gasteiger charge is 2.44. The molecular weight excluding hydrogens is 508 g/mol. The van der Waals surface area contributed by atoms with Crippen LogP contribution in [0, 0.1) is 17.6 Å². The zero-order valence-corrected chi connectivity index (χ0v) is 20.4. The fourth-order valence-corrected chi connectivity index (χ4v) is 4.74. The number of hydrogen-bond donors (Lipinski definition) is 0. The molecule has 37 heavy (non-hydrogen) atoms. The molecule has 206 valence electrons. The van der Waals surface area contributed by atoms with Crippen molar-refractivity contribution in [3.05, 3.63) is 64.7 Å². The van der Waals surface area contributed by atoms with Crippen molar-refractivity contribution in [2.24, 2.45) is 5.92 Å². The van der Waals surface area contributed by atoms with Gasteiger partial charge in [-0.1, -0.05) is 56.9 Å². The third-order valence-corrected chi connectivity index (χ3v) is 6.77. The van der Waals surface area contributed by atoms with Crippen LogP contribution in [0.5, 0.6) is 5.75 Å². The number of hydrogen-bond acceptors (Lipinski definition) is 2.